The van der Waals surface area contributed by atoms with Crippen LogP contribution in [0.25, 0.3) is 11.0 Å². The van der Waals surface area contributed by atoms with Crippen LogP contribution in [0.3, 0.4) is 0 Å². The second-order valence-corrected chi connectivity index (χ2v) is 10.2. The zero-order valence-electron chi connectivity index (χ0n) is 21.8. The average molecular weight is 499 g/mol. The first-order valence-corrected chi connectivity index (χ1v) is 12.9. The highest BCUT2D eigenvalue weighted by Crippen LogP contribution is 2.28. The first kappa shape index (κ1) is 25.0. The molecular weight excluding hydrogens is 464 g/mol. The number of piperidine rings is 1. The number of carbonyl (C=O) groups is 1. The predicted octanol–water partition coefficient (Wildman–Crippen LogP) is 4.43. The van der Waals surface area contributed by atoms with Gasteiger partial charge in [0.25, 0.3) is 5.91 Å². The van der Waals surface area contributed by atoms with Crippen LogP contribution in [0.15, 0.2) is 76.1 Å². The van der Waals surface area contributed by atoms with Crippen LogP contribution in [0.4, 0.5) is 0 Å². The van der Waals surface area contributed by atoms with E-state index in [0.29, 0.717) is 34.7 Å². The van der Waals surface area contributed by atoms with E-state index in [1.165, 1.54) is 5.56 Å². The average Bonchev–Trinajstić information content (AvgIpc) is 3.27. The van der Waals surface area contributed by atoms with Crippen LogP contribution < -0.4 is 5.43 Å². The number of carbonyl (C=O) groups excluding carboxylic acids is 1. The number of para-hydroxylation sites is 1. The van der Waals surface area contributed by atoms with Gasteiger partial charge in [-0.2, -0.15) is 5.10 Å². The molecule has 1 fully saturated rings. The van der Waals surface area contributed by atoms with Gasteiger partial charge >= 0.3 is 0 Å². The van der Waals surface area contributed by atoms with Gasteiger partial charge < -0.3 is 9.32 Å². The van der Waals surface area contributed by atoms with Crippen LogP contribution in [-0.2, 0) is 20.0 Å². The van der Waals surface area contributed by atoms with E-state index in [2.05, 4.69) is 34.3 Å². The van der Waals surface area contributed by atoms with Crippen molar-refractivity contribution in [2.45, 2.75) is 38.8 Å². The molecule has 2 aromatic carbocycles. The van der Waals surface area contributed by atoms with Gasteiger partial charge in [0.2, 0.25) is 0 Å². The lowest BCUT2D eigenvalue weighted by Gasteiger charge is -2.40. The smallest absolute Gasteiger partial charge is 0.272 e. The Kier molecular flexibility index (Phi) is 7.24. The van der Waals surface area contributed by atoms with Gasteiger partial charge in [0, 0.05) is 32.2 Å². The summed E-state index contributed by atoms with van der Waals surface area (Å²) in [5.41, 5.74) is 4.03. The molecule has 2 aromatic heterocycles. The van der Waals surface area contributed by atoms with Gasteiger partial charge in [-0.25, -0.2) is 0 Å². The number of likely N-dealkylation sites (tertiary alicyclic amines) is 1. The zero-order chi connectivity index (χ0) is 25.9. The highest BCUT2D eigenvalue weighted by Gasteiger charge is 2.33. The summed E-state index contributed by atoms with van der Waals surface area (Å²) in [6.07, 6.45) is 4.33. The lowest BCUT2D eigenvalue weighted by molar-refractivity contribution is 0.0574. The molecule has 0 spiro atoms. The number of nitrogens with zero attached hydrogens (tertiary/aromatic N) is 4. The lowest BCUT2D eigenvalue weighted by Crippen LogP contribution is -2.47. The maximum atomic E-state index is 13.5. The van der Waals surface area contributed by atoms with E-state index in [1.54, 1.807) is 10.9 Å². The van der Waals surface area contributed by atoms with Gasteiger partial charge in [-0.3, -0.25) is 19.2 Å². The summed E-state index contributed by atoms with van der Waals surface area (Å²) in [6, 6.07) is 19.7. The molecule has 7 heteroatoms. The molecule has 1 saturated heterocycles. The fraction of sp³-hybridized carbons (Fsp3) is 0.367. The van der Waals surface area contributed by atoms with Gasteiger partial charge in [0.15, 0.2) is 5.43 Å². The molecule has 7 nitrogen and oxygen atoms in total. The van der Waals surface area contributed by atoms with Crippen molar-refractivity contribution in [1.29, 1.82) is 0 Å². The number of aryl methyl sites for hydroxylation is 2. The molecule has 1 amide bonds. The molecule has 1 atom stereocenters. The van der Waals surface area contributed by atoms with Crippen LogP contribution in [0.5, 0.6) is 0 Å². The van der Waals surface area contributed by atoms with Crippen LogP contribution in [0.2, 0.25) is 0 Å². The third-order valence-corrected chi connectivity index (χ3v) is 7.65. The van der Waals surface area contributed by atoms with Crippen LogP contribution in [0, 0.1) is 12.8 Å². The number of amides is 1. The van der Waals surface area contributed by atoms with E-state index < -0.39 is 0 Å². The molecule has 5 rings (SSSR count). The Morgan fingerprint density at radius 3 is 2.51 bits per heavy atom. The Labute approximate surface area is 217 Å². The van der Waals surface area contributed by atoms with Crippen molar-refractivity contribution in [2.75, 3.05) is 20.1 Å². The van der Waals surface area contributed by atoms with Crippen LogP contribution in [-0.4, -0.2) is 51.7 Å². The van der Waals surface area contributed by atoms with E-state index in [0.717, 1.165) is 38.0 Å². The molecule has 3 heterocycles. The molecule has 0 bridgehead atoms. The van der Waals surface area contributed by atoms with E-state index in [9.17, 15) is 9.59 Å². The Bertz CT molecular complexity index is 1430. The summed E-state index contributed by atoms with van der Waals surface area (Å²) in [6.45, 7) is 4.22. The quantitative estimate of drug-likeness (QED) is 0.377. The fourth-order valence-corrected chi connectivity index (χ4v) is 5.58. The number of benzene rings is 2. The molecule has 192 valence electrons. The molecule has 1 aliphatic heterocycles. The fourth-order valence-electron chi connectivity index (χ4n) is 5.58. The third kappa shape index (κ3) is 5.37. The number of likely N-dealkylation sites (N-methyl/N-ethyl adjacent to an activating group) is 1. The van der Waals surface area contributed by atoms with Gasteiger partial charge in [-0.15, -0.1) is 0 Å². The number of aromatic nitrogens is 2. The van der Waals surface area contributed by atoms with E-state index in [-0.39, 0.29) is 17.4 Å². The molecule has 0 N–H and O–H groups in total. The molecule has 0 radical (unpaired) electrons. The molecule has 4 aromatic rings. The van der Waals surface area contributed by atoms with Gasteiger partial charge in [-0.1, -0.05) is 42.5 Å². The molecule has 37 heavy (non-hydrogen) atoms. The highest BCUT2D eigenvalue weighted by atomic mass is 16.3. The van der Waals surface area contributed by atoms with Crippen LogP contribution >= 0.6 is 0 Å². The number of hydrogen-bond donors (Lipinski definition) is 0. The van der Waals surface area contributed by atoms with Crippen molar-refractivity contribution in [2.24, 2.45) is 13.0 Å². The first-order valence-electron chi connectivity index (χ1n) is 12.9. The minimum absolute atomic E-state index is 0.000215. The largest absolute Gasteiger partial charge is 0.464 e. The minimum atomic E-state index is 0.000215. The highest BCUT2D eigenvalue weighted by molar-refractivity contribution is 5.92. The monoisotopic (exact) mass is 498 g/mol. The van der Waals surface area contributed by atoms with Crippen molar-refractivity contribution in [3.8, 4) is 0 Å². The van der Waals surface area contributed by atoms with Crippen molar-refractivity contribution in [1.82, 2.24) is 19.6 Å². The topological polar surface area (TPSA) is 71.6 Å². The molecule has 1 unspecified atom stereocenters. The Balaban J connectivity index is 1.31. The summed E-state index contributed by atoms with van der Waals surface area (Å²) in [7, 11) is 3.74. The van der Waals surface area contributed by atoms with Gasteiger partial charge in [0.1, 0.15) is 11.3 Å². The number of hydrogen-bond acceptors (Lipinski definition) is 5. The third-order valence-electron chi connectivity index (χ3n) is 7.65. The lowest BCUT2D eigenvalue weighted by atomic mass is 9.84. The molecular formula is C30H34N4O3. The molecule has 1 aliphatic rings. The molecule has 0 saturated carbocycles. The summed E-state index contributed by atoms with van der Waals surface area (Å²) in [4.78, 5) is 30.7. The standard InChI is InChI=1S/C30H34N4O3/c1-21-17-27(33(3)31-21)30(36)32(2)26(18-22-9-5-4-6-10-22)23-13-15-34(16-14-23)19-24-20-37-28-12-8-7-11-25(28)29(24)35/h4-12,17,20,23,26H,13-16,18-19H2,1-3H3. The second-order valence-electron chi connectivity index (χ2n) is 10.2. The minimum Gasteiger partial charge on any atom is -0.464 e. The maximum Gasteiger partial charge on any atom is 0.272 e. The van der Waals surface area contributed by atoms with Crippen molar-refractivity contribution < 1.29 is 9.21 Å². The Morgan fingerprint density at radius 1 is 1.11 bits per heavy atom. The summed E-state index contributed by atoms with van der Waals surface area (Å²) >= 11 is 0. The van der Waals surface area contributed by atoms with Gasteiger partial charge in [0.05, 0.1) is 17.3 Å². The zero-order valence-corrected chi connectivity index (χ0v) is 21.8. The molecule has 0 aliphatic carbocycles. The summed E-state index contributed by atoms with van der Waals surface area (Å²) in [5.74, 6) is 0.355. The van der Waals surface area contributed by atoms with E-state index in [1.807, 2.05) is 62.3 Å². The van der Waals surface area contributed by atoms with Crippen molar-refractivity contribution in [3.63, 3.8) is 0 Å². The van der Waals surface area contributed by atoms with E-state index >= 15 is 0 Å². The van der Waals surface area contributed by atoms with Gasteiger partial charge in [-0.05, 0) is 69.0 Å². The second kappa shape index (κ2) is 10.7. The summed E-state index contributed by atoms with van der Waals surface area (Å²) < 4.78 is 7.40. The van der Waals surface area contributed by atoms with Crippen molar-refractivity contribution in [3.05, 3.63) is 99.7 Å². The van der Waals surface area contributed by atoms with Crippen molar-refractivity contribution >= 4 is 16.9 Å². The van der Waals surface area contributed by atoms with E-state index in [4.69, 9.17) is 4.42 Å². The van der Waals surface area contributed by atoms with Crippen LogP contribution in [0.1, 0.15) is 40.2 Å². The normalized spacial score (nSPS) is 15.6. The predicted molar refractivity (Wildman–Crippen MR) is 144 cm³/mol. The number of rotatable bonds is 7. The number of fused-ring (bicyclic) bond motifs is 1. The summed E-state index contributed by atoms with van der Waals surface area (Å²) in [5, 5.41) is 5.00. The maximum absolute atomic E-state index is 13.5. The Hall–Kier alpha value is -3.71. The SMILES string of the molecule is Cc1cc(C(=O)N(C)C(Cc2ccccc2)C2CCN(Cc3coc4ccccc4c3=O)CC2)n(C)n1. The first-order chi connectivity index (χ1) is 17.9. The Morgan fingerprint density at radius 2 is 1.81 bits per heavy atom.